The number of hydrogen-bond acceptors (Lipinski definition) is 2. The molecule has 1 atom stereocenters. The second-order valence-corrected chi connectivity index (χ2v) is 4.59. The molecule has 1 unspecified atom stereocenters. The normalized spacial score (nSPS) is 18.8. The molecule has 0 radical (unpaired) electrons. The Balaban J connectivity index is 2.06. The van der Waals surface area contributed by atoms with Crippen LogP contribution in [0.3, 0.4) is 0 Å². The molecule has 1 N–H and O–H groups in total. The van der Waals surface area contributed by atoms with Gasteiger partial charge in [-0.2, -0.15) is 0 Å². The zero-order valence-electron chi connectivity index (χ0n) is 9.98. The summed E-state index contributed by atoms with van der Waals surface area (Å²) in [7, 11) is 0. The monoisotopic (exact) mass is 224 g/mol. The minimum atomic E-state index is 0.250. The molecule has 3 rings (SSSR count). The summed E-state index contributed by atoms with van der Waals surface area (Å²) in [5.41, 5.74) is 5.20. The number of nitrogens with zero attached hydrogens (tertiary/aromatic N) is 1. The molecule has 2 heteroatoms. The molecule has 2 heterocycles. The topological polar surface area (TPSA) is 24.9 Å². The lowest BCUT2D eigenvalue weighted by atomic mass is 9.92. The lowest BCUT2D eigenvalue weighted by Crippen LogP contribution is -2.31. The molecule has 1 aromatic carbocycles. The predicted octanol–water partition coefficient (Wildman–Crippen LogP) is 2.63. The Morgan fingerprint density at radius 1 is 1.24 bits per heavy atom. The highest BCUT2D eigenvalue weighted by molar-refractivity contribution is 5.37. The zero-order chi connectivity index (χ0) is 11.7. The fraction of sp³-hybridized carbons (Fsp3) is 0.267. The van der Waals surface area contributed by atoms with Crippen LogP contribution >= 0.6 is 0 Å². The maximum Gasteiger partial charge on any atom is 0.0754 e. The third kappa shape index (κ3) is 1.96. The molecule has 2 nitrogen and oxygen atoms in total. The van der Waals surface area contributed by atoms with Crippen molar-refractivity contribution in [2.75, 3.05) is 6.54 Å². The fourth-order valence-electron chi connectivity index (χ4n) is 2.49. The molecular formula is C15H16N2. The summed E-state index contributed by atoms with van der Waals surface area (Å²) < 4.78 is 0. The second-order valence-electron chi connectivity index (χ2n) is 4.59. The van der Waals surface area contributed by atoms with Gasteiger partial charge < -0.3 is 5.32 Å². The minimum Gasteiger partial charge on any atom is -0.305 e. The highest BCUT2D eigenvalue weighted by Gasteiger charge is 2.21. The second kappa shape index (κ2) is 4.30. The summed E-state index contributed by atoms with van der Waals surface area (Å²) in [5.74, 6) is 0. The van der Waals surface area contributed by atoms with Crippen molar-refractivity contribution in [1.29, 1.82) is 0 Å². The van der Waals surface area contributed by atoms with Gasteiger partial charge in [-0.15, -0.1) is 0 Å². The number of aryl methyl sites for hydroxylation is 1. The average molecular weight is 224 g/mol. The number of pyridine rings is 1. The maximum atomic E-state index is 4.50. The van der Waals surface area contributed by atoms with Gasteiger partial charge in [0.05, 0.1) is 11.7 Å². The standard InChI is InChI=1S/C15H16N2/c1-11-6-8-16-14(10-11)15-13-5-3-2-4-12(13)7-9-17-15/h2-6,8,10,15,17H,7,9H2,1H3. The van der Waals surface area contributed by atoms with Crippen molar-refractivity contribution in [2.45, 2.75) is 19.4 Å². The molecule has 0 fully saturated rings. The first-order valence-corrected chi connectivity index (χ1v) is 6.08. The first kappa shape index (κ1) is 10.5. The van der Waals surface area contributed by atoms with Gasteiger partial charge in [0.15, 0.2) is 0 Å². The number of benzene rings is 1. The maximum absolute atomic E-state index is 4.50. The van der Waals surface area contributed by atoms with Crippen LogP contribution in [-0.4, -0.2) is 11.5 Å². The molecule has 0 spiro atoms. The Labute approximate surface area is 102 Å². The summed E-state index contributed by atoms with van der Waals surface area (Å²) in [5, 5.41) is 3.56. The van der Waals surface area contributed by atoms with E-state index in [0.717, 1.165) is 18.7 Å². The van der Waals surface area contributed by atoms with Crippen LogP contribution in [0.5, 0.6) is 0 Å². The van der Waals surface area contributed by atoms with E-state index >= 15 is 0 Å². The van der Waals surface area contributed by atoms with Crippen molar-refractivity contribution in [3.63, 3.8) is 0 Å². The van der Waals surface area contributed by atoms with Gasteiger partial charge in [0.25, 0.3) is 0 Å². The van der Waals surface area contributed by atoms with Crippen LogP contribution in [0.25, 0.3) is 0 Å². The van der Waals surface area contributed by atoms with Gasteiger partial charge >= 0.3 is 0 Å². The lowest BCUT2D eigenvalue weighted by molar-refractivity contribution is 0.556. The number of fused-ring (bicyclic) bond motifs is 1. The molecule has 86 valence electrons. The van der Waals surface area contributed by atoms with Crippen molar-refractivity contribution >= 4 is 0 Å². The van der Waals surface area contributed by atoms with E-state index in [9.17, 15) is 0 Å². The molecule has 0 aliphatic carbocycles. The highest BCUT2D eigenvalue weighted by atomic mass is 14.9. The quantitative estimate of drug-likeness (QED) is 0.805. The smallest absolute Gasteiger partial charge is 0.0754 e. The van der Waals surface area contributed by atoms with E-state index in [2.05, 4.69) is 47.6 Å². The van der Waals surface area contributed by atoms with Crippen LogP contribution in [0.2, 0.25) is 0 Å². The molecular weight excluding hydrogens is 208 g/mol. The van der Waals surface area contributed by atoms with Crippen LogP contribution < -0.4 is 5.32 Å². The van der Waals surface area contributed by atoms with E-state index in [1.807, 2.05) is 12.3 Å². The highest BCUT2D eigenvalue weighted by Crippen LogP contribution is 2.27. The molecule has 0 saturated carbocycles. The van der Waals surface area contributed by atoms with Crippen LogP contribution in [-0.2, 0) is 6.42 Å². The van der Waals surface area contributed by atoms with Gasteiger partial charge in [-0.25, -0.2) is 0 Å². The van der Waals surface area contributed by atoms with Crippen molar-refractivity contribution in [2.24, 2.45) is 0 Å². The SMILES string of the molecule is Cc1ccnc(C2NCCc3ccccc32)c1. The van der Waals surface area contributed by atoms with Gasteiger partial charge in [-0.3, -0.25) is 4.98 Å². The predicted molar refractivity (Wildman–Crippen MR) is 69.0 cm³/mol. The largest absolute Gasteiger partial charge is 0.305 e. The van der Waals surface area contributed by atoms with Crippen LogP contribution in [0, 0.1) is 6.92 Å². The number of hydrogen-bond donors (Lipinski definition) is 1. The number of rotatable bonds is 1. The summed E-state index contributed by atoms with van der Waals surface area (Å²) in [6.45, 7) is 3.14. The Kier molecular flexibility index (Phi) is 2.65. The molecule has 17 heavy (non-hydrogen) atoms. The summed E-state index contributed by atoms with van der Waals surface area (Å²) in [6, 6.07) is 13.1. The first-order chi connectivity index (χ1) is 8.34. The number of aromatic nitrogens is 1. The van der Waals surface area contributed by atoms with E-state index < -0.39 is 0 Å². The van der Waals surface area contributed by atoms with Crippen LogP contribution in [0.1, 0.15) is 28.4 Å². The average Bonchev–Trinajstić information content (AvgIpc) is 2.38. The molecule has 1 aliphatic rings. The van der Waals surface area contributed by atoms with Gasteiger partial charge in [-0.05, 0) is 42.2 Å². The Hall–Kier alpha value is -1.67. The van der Waals surface area contributed by atoms with Gasteiger partial charge in [-0.1, -0.05) is 24.3 Å². The number of nitrogens with one attached hydrogen (secondary N) is 1. The molecule has 2 aromatic rings. The van der Waals surface area contributed by atoms with Gasteiger partial charge in [0.1, 0.15) is 0 Å². The Bertz CT molecular complexity index is 534. The summed E-state index contributed by atoms with van der Waals surface area (Å²) in [6.07, 6.45) is 3.00. The molecule has 0 amide bonds. The van der Waals surface area contributed by atoms with Crippen molar-refractivity contribution in [1.82, 2.24) is 10.3 Å². The molecule has 1 aromatic heterocycles. The van der Waals surface area contributed by atoms with Crippen LogP contribution in [0.4, 0.5) is 0 Å². The van der Waals surface area contributed by atoms with Gasteiger partial charge in [0.2, 0.25) is 0 Å². The van der Waals surface area contributed by atoms with Gasteiger partial charge in [0, 0.05) is 12.7 Å². The van der Waals surface area contributed by atoms with Crippen molar-refractivity contribution in [3.05, 3.63) is 65.0 Å². The molecule has 0 bridgehead atoms. The third-order valence-corrected chi connectivity index (χ3v) is 3.34. The Morgan fingerprint density at radius 3 is 3.00 bits per heavy atom. The van der Waals surface area contributed by atoms with Crippen molar-refractivity contribution < 1.29 is 0 Å². The molecule has 1 aliphatic heterocycles. The summed E-state index contributed by atoms with van der Waals surface area (Å²) in [4.78, 5) is 4.50. The van der Waals surface area contributed by atoms with E-state index in [-0.39, 0.29) is 6.04 Å². The van der Waals surface area contributed by atoms with E-state index in [1.165, 1.54) is 16.7 Å². The molecule has 0 saturated heterocycles. The first-order valence-electron chi connectivity index (χ1n) is 6.08. The zero-order valence-corrected chi connectivity index (χ0v) is 9.98. The summed E-state index contributed by atoms with van der Waals surface area (Å²) >= 11 is 0. The third-order valence-electron chi connectivity index (χ3n) is 3.34. The van der Waals surface area contributed by atoms with Crippen molar-refractivity contribution in [3.8, 4) is 0 Å². The van der Waals surface area contributed by atoms with Crippen LogP contribution in [0.15, 0.2) is 42.6 Å². The van der Waals surface area contributed by atoms with E-state index in [0.29, 0.717) is 0 Å². The van der Waals surface area contributed by atoms with E-state index in [1.54, 1.807) is 0 Å². The minimum absolute atomic E-state index is 0.250. The van der Waals surface area contributed by atoms with E-state index in [4.69, 9.17) is 0 Å². The lowest BCUT2D eigenvalue weighted by Gasteiger charge is -2.26. The fourth-order valence-corrected chi connectivity index (χ4v) is 2.49. The Morgan fingerprint density at radius 2 is 2.12 bits per heavy atom.